The molecule has 1 N–H and O–H groups in total. The summed E-state index contributed by atoms with van der Waals surface area (Å²) in [6.45, 7) is 9.52. The fourth-order valence-corrected chi connectivity index (χ4v) is 3.70. The molecule has 1 aliphatic carbocycles. The summed E-state index contributed by atoms with van der Waals surface area (Å²) in [5.41, 5.74) is 0. The van der Waals surface area contributed by atoms with Crippen LogP contribution in [0.4, 0.5) is 0 Å². The maximum absolute atomic E-state index is 3.61. The van der Waals surface area contributed by atoms with Crippen LogP contribution in [0.25, 0.3) is 0 Å². The predicted molar refractivity (Wildman–Crippen MR) is 69.7 cm³/mol. The van der Waals surface area contributed by atoms with E-state index in [0.717, 1.165) is 30.6 Å². The summed E-state index contributed by atoms with van der Waals surface area (Å²) >= 11 is 0. The number of rotatable bonds is 3. The van der Waals surface area contributed by atoms with Gasteiger partial charge in [0.05, 0.1) is 0 Å². The van der Waals surface area contributed by atoms with Crippen molar-refractivity contribution in [2.45, 2.75) is 71.0 Å². The van der Waals surface area contributed by atoms with Crippen LogP contribution in [-0.2, 0) is 0 Å². The molecule has 1 saturated heterocycles. The van der Waals surface area contributed by atoms with Crippen molar-refractivity contribution in [2.75, 3.05) is 13.1 Å². The summed E-state index contributed by atoms with van der Waals surface area (Å²) in [6, 6.07) is 2.47. The van der Waals surface area contributed by atoms with Gasteiger partial charge in [0.2, 0.25) is 0 Å². The van der Waals surface area contributed by atoms with Gasteiger partial charge in [-0.1, -0.05) is 13.8 Å². The zero-order chi connectivity index (χ0) is 11.5. The highest BCUT2D eigenvalue weighted by molar-refractivity contribution is 4.90. The minimum atomic E-state index is 0.793. The molecule has 1 heterocycles. The largest absolute Gasteiger partial charge is 0.314 e. The third kappa shape index (κ3) is 2.78. The summed E-state index contributed by atoms with van der Waals surface area (Å²) in [5.74, 6) is 0.942. The average Bonchev–Trinajstić information content (AvgIpc) is 2.67. The second kappa shape index (κ2) is 5.50. The van der Waals surface area contributed by atoms with E-state index >= 15 is 0 Å². The monoisotopic (exact) mass is 224 g/mol. The van der Waals surface area contributed by atoms with Gasteiger partial charge in [0.1, 0.15) is 0 Å². The first-order chi connectivity index (χ1) is 7.70. The minimum Gasteiger partial charge on any atom is -0.314 e. The molecule has 0 aromatic rings. The molecule has 94 valence electrons. The van der Waals surface area contributed by atoms with Gasteiger partial charge in [0.25, 0.3) is 0 Å². The molecule has 0 spiro atoms. The van der Waals surface area contributed by atoms with Gasteiger partial charge < -0.3 is 5.32 Å². The molecule has 2 fully saturated rings. The van der Waals surface area contributed by atoms with Crippen LogP contribution in [-0.4, -0.2) is 36.1 Å². The van der Waals surface area contributed by atoms with Gasteiger partial charge in [-0.2, -0.15) is 0 Å². The molecule has 0 bridgehead atoms. The van der Waals surface area contributed by atoms with E-state index < -0.39 is 0 Å². The summed E-state index contributed by atoms with van der Waals surface area (Å²) in [7, 11) is 0. The lowest BCUT2D eigenvalue weighted by Gasteiger charge is -2.40. The van der Waals surface area contributed by atoms with Gasteiger partial charge in [0, 0.05) is 18.1 Å². The Bertz CT molecular complexity index is 217. The van der Waals surface area contributed by atoms with Gasteiger partial charge in [-0.3, -0.25) is 4.90 Å². The molecule has 0 aromatic carbocycles. The van der Waals surface area contributed by atoms with Crippen LogP contribution < -0.4 is 5.32 Å². The highest BCUT2D eigenvalue weighted by atomic mass is 15.2. The summed E-state index contributed by atoms with van der Waals surface area (Å²) in [5, 5.41) is 3.61. The first kappa shape index (κ1) is 12.4. The maximum Gasteiger partial charge on any atom is 0.0113 e. The Morgan fingerprint density at radius 1 is 1.12 bits per heavy atom. The van der Waals surface area contributed by atoms with Crippen LogP contribution in [0, 0.1) is 5.92 Å². The van der Waals surface area contributed by atoms with E-state index in [4.69, 9.17) is 0 Å². The lowest BCUT2D eigenvalue weighted by atomic mass is 9.92. The second-order valence-electron chi connectivity index (χ2n) is 5.94. The number of nitrogens with zero attached hydrogens (tertiary/aromatic N) is 1. The van der Waals surface area contributed by atoms with Crippen LogP contribution in [0.15, 0.2) is 0 Å². The molecule has 0 radical (unpaired) electrons. The summed E-state index contributed by atoms with van der Waals surface area (Å²) < 4.78 is 0. The minimum absolute atomic E-state index is 0.793. The third-order valence-electron chi connectivity index (χ3n) is 4.56. The fourth-order valence-electron chi connectivity index (χ4n) is 3.70. The quantitative estimate of drug-likeness (QED) is 0.793. The number of hydrogen-bond acceptors (Lipinski definition) is 2. The van der Waals surface area contributed by atoms with E-state index in [-0.39, 0.29) is 0 Å². The van der Waals surface area contributed by atoms with E-state index in [2.05, 4.69) is 31.0 Å². The molecule has 2 rings (SSSR count). The first-order valence-corrected chi connectivity index (χ1v) is 7.19. The highest BCUT2D eigenvalue weighted by Gasteiger charge is 2.33. The number of likely N-dealkylation sites (tertiary alicyclic amines) is 1. The molecule has 4 atom stereocenters. The van der Waals surface area contributed by atoms with Crippen molar-refractivity contribution in [3.05, 3.63) is 0 Å². The van der Waals surface area contributed by atoms with Crippen molar-refractivity contribution < 1.29 is 0 Å². The molecule has 4 unspecified atom stereocenters. The van der Waals surface area contributed by atoms with Crippen molar-refractivity contribution in [3.63, 3.8) is 0 Å². The Balaban J connectivity index is 1.84. The van der Waals surface area contributed by atoms with Gasteiger partial charge >= 0.3 is 0 Å². The van der Waals surface area contributed by atoms with E-state index in [0.29, 0.717) is 0 Å². The molecule has 16 heavy (non-hydrogen) atoms. The van der Waals surface area contributed by atoms with Crippen LogP contribution in [0.5, 0.6) is 0 Å². The normalized spacial score (nSPS) is 41.4. The zero-order valence-corrected chi connectivity index (χ0v) is 11.2. The molecular formula is C14H28N2. The second-order valence-corrected chi connectivity index (χ2v) is 5.94. The number of piperidine rings is 1. The molecule has 0 aromatic heterocycles. The van der Waals surface area contributed by atoms with Crippen LogP contribution in [0.1, 0.15) is 52.9 Å². The van der Waals surface area contributed by atoms with E-state index in [1.807, 2.05) is 0 Å². The van der Waals surface area contributed by atoms with Crippen molar-refractivity contribution in [2.24, 2.45) is 5.92 Å². The smallest absolute Gasteiger partial charge is 0.0113 e. The van der Waals surface area contributed by atoms with Gasteiger partial charge in [-0.05, 0) is 58.0 Å². The molecule has 2 aliphatic rings. The van der Waals surface area contributed by atoms with Crippen LogP contribution in [0.2, 0.25) is 0 Å². The average molecular weight is 224 g/mol. The van der Waals surface area contributed by atoms with Crippen LogP contribution in [0.3, 0.4) is 0 Å². The Morgan fingerprint density at radius 2 is 1.94 bits per heavy atom. The fraction of sp³-hybridized carbons (Fsp3) is 1.00. The number of nitrogens with one attached hydrogen (secondary N) is 1. The van der Waals surface area contributed by atoms with Crippen molar-refractivity contribution in [3.8, 4) is 0 Å². The predicted octanol–water partition coefficient (Wildman–Crippen LogP) is 2.64. The Labute approximate surface area is 101 Å². The molecular weight excluding hydrogens is 196 g/mol. The lowest BCUT2D eigenvalue weighted by molar-refractivity contribution is 0.0831. The van der Waals surface area contributed by atoms with Gasteiger partial charge in [-0.25, -0.2) is 0 Å². The third-order valence-corrected chi connectivity index (χ3v) is 4.56. The Hall–Kier alpha value is -0.0800. The zero-order valence-electron chi connectivity index (χ0n) is 11.2. The Morgan fingerprint density at radius 3 is 2.62 bits per heavy atom. The Kier molecular flexibility index (Phi) is 4.26. The molecule has 2 heteroatoms. The molecule has 1 aliphatic heterocycles. The molecule has 0 amide bonds. The standard InChI is InChI=1S/C14H28N2/c1-4-15-13-5-6-14(10-13)16-8-7-11(2)9-12(16)3/h11-15H,4-10H2,1-3H3. The molecule has 2 nitrogen and oxygen atoms in total. The van der Waals surface area contributed by atoms with E-state index in [9.17, 15) is 0 Å². The highest BCUT2D eigenvalue weighted by Crippen LogP contribution is 2.31. The SMILES string of the molecule is CCNC1CCC(N2CCC(C)CC2C)C1. The topological polar surface area (TPSA) is 15.3 Å². The lowest BCUT2D eigenvalue weighted by Crippen LogP contribution is -2.46. The van der Waals surface area contributed by atoms with Crippen molar-refractivity contribution in [1.29, 1.82) is 0 Å². The maximum atomic E-state index is 3.61. The van der Waals surface area contributed by atoms with E-state index in [1.165, 1.54) is 38.6 Å². The molecule has 1 saturated carbocycles. The number of hydrogen-bond donors (Lipinski definition) is 1. The van der Waals surface area contributed by atoms with Crippen LogP contribution >= 0.6 is 0 Å². The summed E-state index contributed by atoms with van der Waals surface area (Å²) in [6.07, 6.45) is 7.00. The van der Waals surface area contributed by atoms with Gasteiger partial charge in [-0.15, -0.1) is 0 Å². The van der Waals surface area contributed by atoms with E-state index in [1.54, 1.807) is 0 Å². The summed E-state index contributed by atoms with van der Waals surface area (Å²) in [4.78, 5) is 2.79. The van der Waals surface area contributed by atoms with Gasteiger partial charge in [0.15, 0.2) is 0 Å². The first-order valence-electron chi connectivity index (χ1n) is 7.19. The van der Waals surface area contributed by atoms with Crippen molar-refractivity contribution >= 4 is 0 Å². The van der Waals surface area contributed by atoms with Crippen molar-refractivity contribution in [1.82, 2.24) is 10.2 Å².